The number of aliphatic carboxylic acids is 1. The fourth-order valence-electron chi connectivity index (χ4n) is 1.66. The molecule has 2 rings (SSSR count). The monoisotopic (exact) mass is 296 g/mol. The van der Waals surface area contributed by atoms with E-state index in [1.807, 2.05) is 0 Å². The maximum absolute atomic E-state index is 12.8. The second-order valence-corrected chi connectivity index (χ2v) is 5.06. The van der Waals surface area contributed by atoms with Crippen molar-refractivity contribution in [3.8, 4) is 0 Å². The number of benzene rings is 1. The minimum absolute atomic E-state index is 0.0975. The van der Waals surface area contributed by atoms with Crippen LogP contribution in [0.25, 0.3) is 0 Å². The van der Waals surface area contributed by atoms with Gasteiger partial charge in [0.2, 0.25) is 0 Å². The van der Waals surface area contributed by atoms with Crippen molar-refractivity contribution in [2.75, 3.05) is 0 Å². The van der Waals surface area contributed by atoms with Crippen LogP contribution in [0, 0.1) is 15.9 Å². The molecule has 0 saturated heterocycles. The number of nitrogens with zero attached hydrogens (tertiary/aromatic N) is 2. The van der Waals surface area contributed by atoms with Gasteiger partial charge in [-0.2, -0.15) is 0 Å². The number of hydrogen-bond donors (Lipinski definition) is 1. The Balaban J connectivity index is 2.24. The second-order valence-electron chi connectivity index (χ2n) is 4.02. The smallest absolute Gasteiger partial charge is 0.343 e. The highest BCUT2D eigenvalue weighted by Crippen LogP contribution is 2.29. The van der Waals surface area contributed by atoms with Crippen LogP contribution in [-0.2, 0) is 11.2 Å². The molecule has 0 aliphatic rings. The van der Waals surface area contributed by atoms with Crippen LogP contribution in [0.3, 0.4) is 0 Å². The van der Waals surface area contributed by atoms with E-state index < -0.39 is 22.6 Å². The first-order valence-electron chi connectivity index (χ1n) is 5.54. The lowest BCUT2D eigenvalue weighted by atomic mass is 10.00. The molecule has 1 heterocycles. The van der Waals surface area contributed by atoms with Crippen molar-refractivity contribution in [2.24, 2.45) is 0 Å². The van der Waals surface area contributed by atoms with Crippen LogP contribution in [0.1, 0.15) is 16.5 Å². The van der Waals surface area contributed by atoms with Crippen LogP contribution < -0.4 is 0 Å². The van der Waals surface area contributed by atoms with Gasteiger partial charge in [0, 0.05) is 0 Å². The van der Waals surface area contributed by atoms with Gasteiger partial charge in [-0.05, 0) is 35.5 Å². The molecule has 0 amide bonds. The summed E-state index contributed by atoms with van der Waals surface area (Å²) in [6.07, 6.45) is 1.14. The van der Waals surface area contributed by atoms with E-state index in [-0.39, 0.29) is 16.4 Å². The van der Waals surface area contributed by atoms with Crippen LogP contribution >= 0.6 is 11.3 Å². The minimum atomic E-state index is -1.13. The number of hydrogen-bond acceptors (Lipinski definition) is 5. The molecule has 0 bridgehead atoms. The van der Waals surface area contributed by atoms with Gasteiger partial charge in [-0.3, -0.25) is 14.9 Å². The third-order valence-electron chi connectivity index (χ3n) is 2.64. The van der Waals surface area contributed by atoms with Crippen molar-refractivity contribution in [1.82, 2.24) is 4.98 Å². The van der Waals surface area contributed by atoms with Crippen molar-refractivity contribution in [2.45, 2.75) is 12.3 Å². The predicted octanol–water partition coefficient (Wildman–Crippen LogP) is 2.60. The topological polar surface area (TPSA) is 93.3 Å². The second kappa shape index (κ2) is 5.74. The number of nitro groups is 1. The van der Waals surface area contributed by atoms with Crippen LogP contribution in [0.4, 0.5) is 9.39 Å². The molecule has 1 atom stereocenters. The van der Waals surface area contributed by atoms with Gasteiger partial charge >= 0.3 is 11.0 Å². The number of halogens is 1. The molecular weight excluding hydrogens is 287 g/mol. The lowest BCUT2D eigenvalue weighted by Crippen LogP contribution is -2.14. The SMILES string of the molecule is O=C(O)C(Cc1ccc(F)cc1)c1ncc([N+](=O)[O-])s1. The third-order valence-corrected chi connectivity index (χ3v) is 3.70. The fraction of sp³-hybridized carbons (Fsp3) is 0.167. The Morgan fingerprint density at radius 1 is 1.45 bits per heavy atom. The zero-order valence-electron chi connectivity index (χ0n) is 10.0. The number of carboxylic acids is 1. The Hall–Kier alpha value is -2.35. The summed E-state index contributed by atoms with van der Waals surface area (Å²) < 4.78 is 12.8. The molecule has 8 heteroatoms. The maximum atomic E-state index is 12.8. The zero-order valence-corrected chi connectivity index (χ0v) is 10.8. The number of carbonyl (C=O) groups is 1. The van der Waals surface area contributed by atoms with Gasteiger partial charge in [0.05, 0.1) is 4.92 Å². The van der Waals surface area contributed by atoms with E-state index >= 15 is 0 Å². The first-order valence-corrected chi connectivity index (χ1v) is 6.36. The summed E-state index contributed by atoms with van der Waals surface area (Å²) in [5.74, 6) is -2.52. The quantitative estimate of drug-likeness (QED) is 0.676. The summed E-state index contributed by atoms with van der Waals surface area (Å²) >= 11 is 0.735. The Kier molecular flexibility index (Phi) is 4.04. The number of rotatable bonds is 5. The number of aromatic nitrogens is 1. The first kappa shape index (κ1) is 14.1. The van der Waals surface area contributed by atoms with E-state index in [1.54, 1.807) is 0 Å². The van der Waals surface area contributed by atoms with Crippen molar-refractivity contribution < 1.29 is 19.2 Å². The Morgan fingerprint density at radius 2 is 2.10 bits per heavy atom. The highest BCUT2D eigenvalue weighted by atomic mass is 32.1. The summed E-state index contributed by atoms with van der Waals surface area (Å²) in [5.41, 5.74) is 0.622. The van der Waals surface area contributed by atoms with Gasteiger partial charge in [-0.15, -0.1) is 0 Å². The van der Waals surface area contributed by atoms with Crippen molar-refractivity contribution in [1.29, 1.82) is 0 Å². The van der Waals surface area contributed by atoms with Gasteiger partial charge in [0.25, 0.3) is 0 Å². The van der Waals surface area contributed by atoms with E-state index in [2.05, 4.69) is 4.98 Å². The molecule has 0 fully saturated rings. The van der Waals surface area contributed by atoms with E-state index in [9.17, 15) is 24.4 Å². The van der Waals surface area contributed by atoms with E-state index in [1.165, 1.54) is 24.3 Å². The fourth-order valence-corrected chi connectivity index (χ4v) is 2.49. The van der Waals surface area contributed by atoms with E-state index in [0.29, 0.717) is 5.56 Å². The summed E-state index contributed by atoms with van der Waals surface area (Å²) in [4.78, 5) is 25.0. The third kappa shape index (κ3) is 3.15. The molecule has 1 unspecified atom stereocenters. The highest BCUT2D eigenvalue weighted by molar-refractivity contribution is 7.15. The molecule has 0 aliphatic heterocycles. The Labute approximate surface area is 116 Å². The maximum Gasteiger partial charge on any atom is 0.343 e. The Bertz CT molecular complexity index is 641. The summed E-state index contributed by atoms with van der Waals surface area (Å²) in [7, 11) is 0. The van der Waals surface area contributed by atoms with Gasteiger partial charge < -0.3 is 5.11 Å². The zero-order chi connectivity index (χ0) is 14.7. The lowest BCUT2D eigenvalue weighted by Gasteiger charge is -2.08. The molecule has 0 saturated carbocycles. The molecule has 2 aromatic rings. The van der Waals surface area contributed by atoms with E-state index in [0.717, 1.165) is 17.5 Å². The molecule has 104 valence electrons. The standard InChI is InChI=1S/C12H9FN2O4S/c13-8-3-1-7(2-4-8)5-9(12(16)17)11-14-6-10(20-11)15(18)19/h1-4,6,9H,5H2,(H,16,17). The van der Waals surface area contributed by atoms with Gasteiger partial charge in [-0.25, -0.2) is 9.37 Å². The molecule has 0 aliphatic carbocycles. The highest BCUT2D eigenvalue weighted by Gasteiger charge is 2.26. The molecule has 0 spiro atoms. The lowest BCUT2D eigenvalue weighted by molar-refractivity contribution is -0.380. The van der Waals surface area contributed by atoms with E-state index in [4.69, 9.17) is 0 Å². The molecule has 1 N–H and O–H groups in total. The largest absolute Gasteiger partial charge is 0.481 e. The van der Waals surface area contributed by atoms with Crippen LogP contribution in [0.5, 0.6) is 0 Å². The van der Waals surface area contributed by atoms with Gasteiger partial charge in [-0.1, -0.05) is 12.1 Å². The summed E-state index contributed by atoms with van der Waals surface area (Å²) in [6, 6.07) is 5.43. The normalized spacial score (nSPS) is 12.1. The Morgan fingerprint density at radius 3 is 2.60 bits per heavy atom. The average molecular weight is 296 g/mol. The van der Waals surface area contributed by atoms with Crippen molar-refractivity contribution >= 4 is 22.3 Å². The van der Waals surface area contributed by atoms with Gasteiger partial charge in [0.1, 0.15) is 22.9 Å². The van der Waals surface area contributed by atoms with Crippen LogP contribution in [0.2, 0.25) is 0 Å². The van der Waals surface area contributed by atoms with Crippen LogP contribution in [0.15, 0.2) is 30.5 Å². The van der Waals surface area contributed by atoms with Crippen molar-refractivity contribution in [3.63, 3.8) is 0 Å². The molecule has 6 nitrogen and oxygen atoms in total. The summed E-state index contributed by atoms with van der Waals surface area (Å²) in [6.45, 7) is 0. The molecule has 20 heavy (non-hydrogen) atoms. The number of carboxylic acid groups (broad SMARTS) is 1. The molecule has 1 aromatic heterocycles. The molecule has 0 radical (unpaired) electrons. The van der Waals surface area contributed by atoms with Crippen LogP contribution in [-0.4, -0.2) is 21.0 Å². The first-order chi connectivity index (χ1) is 9.47. The molecular formula is C12H9FN2O4S. The average Bonchev–Trinajstić information content (AvgIpc) is 2.87. The number of thiazole rings is 1. The molecule has 1 aromatic carbocycles. The predicted molar refractivity (Wildman–Crippen MR) is 69.2 cm³/mol. The van der Waals surface area contributed by atoms with Crippen molar-refractivity contribution in [3.05, 3.63) is 57.0 Å². The summed E-state index contributed by atoms with van der Waals surface area (Å²) in [5, 5.41) is 19.8. The minimum Gasteiger partial charge on any atom is -0.481 e. The van der Waals surface area contributed by atoms with Gasteiger partial charge in [0.15, 0.2) is 0 Å².